The number of benzene rings is 1. The first-order valence-corrected chi connectivity index (χ1v) is 5.04. The maximum absolute atomic E-state index is 11.2. The van der Waals surface area contributed by atoms with Crippen LogP contribution >= 0.6 is 0 Å². The maximum atomic E-state index is 11.2. The van der Waals surface area contributed by atoms with Crippen molar-refractivity contribution >= 4 is 11.8 Å². The van der Waals surface area contributed by atoms with Crippen molar-refractivity contribution in [3.8, 4) is 5.75 Å². The van der Waals surface area contributed by atoms with E-state index in [1.54, 1.807) is 31.4 Å². The highest BCUT2D eigenvalue weighted by atomic mass is 16.5. The summed E-state index contributed by atoms with van der Waals surface area (Å²) in [7, 11) is 1.59. The standard InChI is InChI=1S/C11H16N2O3/c1-15-10-5-3-9(4-6-10)13-11(14)16-8-2-7-12/h3-6H,2,7-8,12H2,1H3,(H,13,14). The zero-order valence-electron chi connectivity index (χ0n) is 9.23. The Hall–Kier alpha value is -1.75. The number of rotatable bonds is 5. The Bertz CT molecular complexity index is 325. The first kappa shape index (κ1) is 12.3. The fourth-order valence-electron chi connectivity index (χ4n) is 1.08. The zero-order chi connectivity index (χ0) is 11.8. The summed E-state index contributed by atoms with van der Waals surface area (Å²) in [5, 5.41) is 2.59. The minimum Gasteiger partial charge on any atom is -0.497 e. The highest BCUT2D eigenvalue weighted by molar-refractivity contribution is 5.84. The molecule has 0 fully saturated rings. The van der Waals surface area contributed by atoms with Gasteiger partial charge in [0, 0.05) is 5.69 Å². The van der Waals surface area contributed by atoms with E-state index in [2.05, 4.69) is 5.32 Å². The van der Waals surface area contributed by atoms with Gasteiger partial charge in [0.2, 0.25) is 0 Å². The Morgan fingerprint density at radius 3 is 2.62 bits per heavy atom. The van der Waals surface area contributed by atoms with Gasteiger partial charge in [0.1, 0.15) is 5.75 Å². The molecule has 0 aliphatic heterocycles. The molecule has 0 spiro atoms. The molecule has 1 aromatic carbocycles. The van der Waals surface area contributed by atoms with Crippen LogP contribution in [0.2, 0.25) is 0 Å². The summed E-state index contributed by atoms with van der Waals surface area (Å²) >= 11 is 0. The molecule has 5 heteroatoms. The van der Waals surface area contributed by atoms with Crippen LogP contribution in [0.5, 0.6) is 5.75 Å². The van der Waals surface area contributed by atoms with Crippen molar-refractivity contribution in [3.05, 3.63) is 24.3 Å². The van der Waals surface area contributed by atoms with E-state index in [4.69, 9.17) is 15.2 Å². The van der Waals surface area contributed by atoms with Gasteiger partial charge in [-0.15, -0.1) is 0 Å². The number of nitrogens with one attached hydrogen (secondary N) is 1. The minimum atomic E-state index is -0.474. The number of ether oxygens (including phenoxy) is 2. The monoisotopic (exact) mass is 224 g/mol. The summed E-state index contributed by atoms with van der Waals surface area (Å²) in [5.74, 6) is 0.738. The Labute approximate surface area is 94.5 Å². The molecule has 5 nitrogen and oxygen atoms in total. The number of carbonyl (C=O) groups is 1. The lowest BCUT2D eigenvalue weighted by Crippen LogP contribution is -2.15. The molecule has 0 saturated carbocycles. The molecule has 0 aromatic heterocycles. The summed E-state index contributed by atoms with van der Waals surface area (Å²) in [6.07, 6.45) is 0.189. The van der Waals surface area contributed by atoms with Gasteiger partial charge in [0.15, 0.2) is 0 Å². The van der Waals surface area contributed by atoms with Gasteiger partial charge in [-0.3, -0.25) is 5.32 Å². The Balaban J connectivity index is 2.37. The second-order valence-electron chi connectivity index (χ2n) is 3.13. The first-order valence-electron chi connectivity index (χ1n) is 5.04. The zero-order valence-corrected chi connectivity index (χ0v) is 9.23. The van der Waals surface area contributed by atoms with E-state index in [1.807, 2.05) is 0 Å². The second kappa shape index (κ2) is 6.68. The summed E-state index contributed by atoms with van der Waals surface area (Å²) in [6.45, 7) is 0.842. The summed E-state index contributed by atoms with van der Waals surface area (Å²) in [6, 6.07) is 7.00. The summed E-state index contributed by atoms with van der Waals surface area (Å²) < 4.78 is 9.88. The Kier molecular flexibility index (Phi) is 5.15. The van der Waals surface area contributed by atoms with Crippen LogP contribution in [-0.4, -0.2) is 26.4 Å². The fourth-order valence-corrected chi connectivity index (χ4v) is 1.08. The van der Waals surface area contributed by atoms with Crippen LogP contribution in [0.25, 0.3) is 0 Å². The van der Waals surface area contributed by atoms with Crippen LogP contribution in [-0.2, 0) is 4.74 Å². The van der Waals surface area contributed by atoms with E-state index in [1.165, 1.54) is 0 Å². The van der Waals surface area contributed by atoms with Crippen LogP contribution in [0, 0.1) is 0 Å². The van der Waals surface area contributed by atoms with Gasteiger partial charge < -0.3 is 15.2 Å². The van der Waals surface area contributed by atoms with Crippen molar-refractivity contribution in [2.45, 2.75) is 6.42 Å². The molecule has 88 valence electrons. The lowest BCUT2D eigenvalue weighted by Gasteiger charge is -2.06. The fraction of sp³-hybridized carbons (Fsp3) is 0.364. The van der Waals surface area contributed by atoms with Gasteiger partial charge in [0.05, 0.1) is 13.7 Å². The van der Waals surface area contributed by atoms with Gasteiger partial charge in [-0.25, -0.2) is 4.79 Å². The van der Waals surface area contributed by atoms with E-state index in [0.29, 0.717) is 25.3 Å². The molecule has 0 aliphatic rings. The predicted molar refractivity (Wildman–Crippen MR) is 61.6 cm³/mol. The van der Waals surface area contributed by atoms with E-state index < -0.39 is 6.09 Å². The van der Waals surface area contributed by atoms with Crippen LogP contribution in [0.15, 0.2) is 24.3 Å². The predicted octanol–water partition coefficient (Wildman–Crippen LogP) is 1.59. The van der Waals surface area contributed by atoms with Crippen molar-refractivity contribution < 1.29 is 14.3 Å². The smallest absolute Gasteiger partial charge is 0.411 e. The van der Waals surface area contributed by atoms with Crippen molar-refractivity contribution in [1.82, 2.24) is 0 Å². The molecular formula is C11H16N2O3. The number of anilines is 1. The minimum absolute atomic E-state index is 0.332. The molecule has 0 atom stereocenters. The number of carbonyl (C=O) groups excluding carboxylic acids is 1. The molecular weight excluding hydrogens is 208 g/mol. The highest BCUT2D eigenvalue weighted by Crippen LogP contribution is 2.14. The number of hydrogen-bond donors (Lipinski definition) is 2. The van der Waals surface area contributed by atoms with Gasteiger partial charge in [-0.1, -0.05) is 0 Å². The second-order valence-corrected chi connectivity index (χ2v) is 3.13. The summed E-state index contributed by atoms with van der Waals surface area (Å²) in [5.41, 5.74) is 5.94. The number of methoxy groups -OCH3 is 1. The number of nitrogens with two attached hydrogens (primary N) is 1. The number of amides is 1. The molecule has 0 heterocycles. The molecule has 1 rings (SSSR count). The van der Waals surface area contributed by atoms with Crippen molar-refractivity contribution in [2.24, 2.45) is 5.73 Å². The van der Waals surface area contributed by atoms with Gasteiger partial charge in [-0.05, 0) is 37.2 Å². The van der Waals surface area contributed by atoms with Crippen LogP contribution in [0.3, 0.4) is 0 Å². The third kappa shape index (κ3) is 4.18. The van der Waals surface area contributed by atoms with Gasteiger partial charge in [0.25, 0.3) is 0 Å². The van der Waals surface area contributed by atoms with Crippen molar-refractivity contribution in [2.75, 3.05) is 25.6 Å². The normalized spacial score (nSPS) is 9.62. The third-order valence-electron chi connectivity index (χ3n) is 1.92. The molecule has 1 amide bonds. The molecule has 0 unspecified atom stereocenters. The van der Waals surface area contributed by atoms with Crippen molar-refractivity contribution in [1.29, 1.82) is 0 Å². The number of hydrogen-bond acceptors (Lipinski definition) is 4. The van der Waals surface area contributed by atoms with E-state index >= 15 is 0 Å². The molecule has 0 aliphatic carbocycles. The Morgan fingerprint density at radius 2 is 2.06 bits per heavy atom. The third-order valence-corrected chi connectivity index (χ3v) is 1.92. The average Bonchev–Trinajstić information content (AvgIpc) is 2.30. The summed E-state index contributed by atoms with van der Waals surface area (Å²) in [4.78, 5) is 11.2. The molecule has 0 radical (unpaired) electrons. The van der Waals surface area contributed by atoms with E-state index in [9.17, 15) is 4.79 Å². The largest absolute Gasteiger partial charge is 0.497 e. The van der Waals surface area contributed by atoms with Crippen LogP contribution in [0.4, 0.5) is 10.5 Å². The van der Waals surface area contributed by atoms with Gasteiger partial charge >= 0.3 is 6.09 Å². The van der Waals surface area contributed by atoms with E-state index in [0.717, 1.165) is 5.75 Å². The average molecular weight is 224 g/mol. The van der Waals surface area contributed by atoms with E-state index in [-0.39, 0.29) is 0 Å². The molecule has 0 saturated heterocycles. The van der Waals surface area contributed by atoms with Crippen molar-refractivity contribution in [3.63, 3.8) is 0 Å². The lowest BCUT2D eigenvalue weighted by atomic mass is 10.3. The molecule has 0 bridgehead atoms. The molecule has 1 aromatic rings. The SMILES string of the molecule is COc1ccc(NC(=O)OCCCN)cc1. The quantitative estimate of drug-likeness (QED) is 0.745. The maximum Gasteiger partial charge on any atom is 0.411 e. The topological polar surface area (TPSA) is 73.6 Å². The Morgan fingerprint density at radius 1 is 1.38 bits per heavy atom. The van der Waals surface area contributed by atoms with Crippen LogP contribution < -0.4 is 15.8 Å². The molecule has 16 heavy (non-hydrogen) atoms. The first-order chi connectivity index (χ1) is 7.76. The molecule has 3 N–H and O–H groups in total. The van der Waals surface area contributed by atoms with Gasteiger partial charge in [-0.2, -0.15) is 0 Å². The lowest BCUT2D eigenvalue weighted by molar-refractivity contribution is 0.161. The highest BCUT2D eigenvalue weighted by Gasteiger charge is 2.02. The van der Waals surface area contributed by atoms with Crippen LogP contribution in [0.1, 0.15) is 6.42 Å².